The molecule has 1 amide bonds. The lowest BCUT2D eigenvalue weighted by atomic mass is 10.1. The fourth-order valence-electron chi connectivity index (χ4n) is 2.30. The molecule has 0 aliphatic heterocycles. The number of carbonyl (C=O) groups excluding carboxylic acids is 1. The maximum atomic E-state index is 12.5. The minimum Gasteiger partial charge on any atom is -0.493 e. The van der Waals surface area contributed by atoms with Crippen LogP contribution in [-0.4, -0.2) is 19.6 Å². The molecule has 0 aliphatic rings. The molecule has 2 rings (SSSR count). The summed E-state index contributed by atoms with van der Waals surface area (Å²) in [6, 6.07) is 12.9. The predicted molar refractivity (Wildman–Crippen MR) is 96.1 cm³/mol. The zero-order valence-electron chi connectivity index (χ0n) is 14.1. The number of ether oxygens (including phenoxy) is 2. The Labute approximate surface area is 147 Å². The van der Waals surface area contributed by atoms with Crippen LogP contribution >= 0.6 is 11.6 Å². The van der Waals surface area contributed by atoms with E-state index in [1.807, 2.05) is 44.2 Å². The Balaban J connectivity index is 2.19. The Kier molecular flexibility index (Phi) is 6.50. The molecular formula is C19H22ClNO3. The van der Waals surface area contributed by atoms with Crippen LogP contribution in [0.3, 0.4) is 0 Å². The minimum absolute atomic E-state index is 0.112. The van der Waals surface area contributed by atoms with E-state index >= 15 is 0 Å². The fraction of sp³-hybridized carbons (Fsp3) is 0.316. The number of carbonyl (C=O) groups is 1. The number of benzene rings is 2. The molecule has 4 nitrogen and oxygen atoms in total. The average Bonchev–Trinajstić information content (AvgIpc) is 2.60. The number of hydrogen-bond acceptors (Lipinski definition) is 3. The van der Waals surface area contributed by atoms with Crippen LogP contribution in [0.4, 0.5) is 0 Å². The van der Waals surface area contributed by atoms with Crippen molar-refractivity contribution in [3.63, 3.8) is 0 Å². The Morgan fingerprint density at radius 3 is 2.58 bits per heavy atom. The van der Waals surface area contributed by atoms with Crippen LogP contribution in [0.15, 0.2) is 42.5 Å². The van der Waals surface area contributed by atoms with Gasteiger partial charge in [0.2, 0.25) is 0 Å². The van der Waals surface area contributed by atoms with Gasteiger partial charge in [-0.05, 0) is 31.0 Å². The van der Waals surface area contributed by atoms with E-state index in [4.69, 9.17) is 21.1 Å². The van der Waals surface area contributed by atoms with Gasteiger partial charge in [-0.25, -0.2) is 0 Å². The van der Waals surface area contributed by atoms with E-state index < -0.39 is 0 Å². The highest BCUT2D eigenvalue weighted by molar-refractivity contribution is 6.32. The average molecular weight is 348 g/mol. The summed E-state index contributed by atoms with van der Waals surface area (Å²) in [5, 5.41) is 3.32. The zero-order chi connectivity index (χ0) is 17.5. The lowest BCUT2D eigenvalue weighted by Crippen LogP contribution is -2.26. The molecule has 1 unspecified atom stereocenters. The number of nitrogens with one attached hydrogen (secondary N) is 1. The molecule has 24 heavy (non-hydrogen) atoms. The quantitative estimate of drug-likeness (QED) is 0.794. The fourth-order valence-corrected chi connectivity index (χ4v) is 2.57. The second kappa shape index (κ2) is 8.60. The second-order valence-corrected chi connectivity index (χ2v) is 5.85. The highest BCUT2D eigenvalue weighted by atomic mass is 35.5. The topological polar surface area (TPSA) is 47.6 Å². The van der Waals surface area contributed by atoms with Crippen molar-refractivity contribution in [2.75, 3.05) is 13.7 Å². The van der Waals surface area contributed by atoms with E-state index in [0.29, 0.717) is 28.7 Å². The lowest BCUT2D eigenvalue weighted by molar-refractivity contribution is 0.0939. The van der Waals surface area contributed by atoms with Crippen molar-refractivity contribution in [3.8, 4) is 11.5 Å². The zero-order valence-corrected chi connectivity index (χ0v) is 14.9. The molecule has 0 saturated carbocycles. The summed E-state index contributed by atoms with van der Waals surface area (Å²) in [5.74, 6) is 0.704. The maximum Gasteiger partial charge on any atom is 0.251 e. The third-order valence-corrected chi connectivity index (χ3v) is 3.87. The predicted octanol–water partition coefficient (Wildman–Crippen LogP) is 4.63. The number of rotatable bonds is 7. The Hall–Kier alpha value is -2.20. The first-order chi connectivity index (χ1) is 11.6. The van der Waals surface area contributed by atoms with Crippen LogP contribution < -0.4 is 14.8 Å². The van der Waals surface area contributed by atoms with E-state index in [2.05, 4.69) is 5.32 Å². The second-order valence-electron chi connectivity index (χ2n) is 5.44. The summed E-state index contributed by atoms with van der Waals surface area (Å²) in [6.07, 6.45) is 0.857. The van der Waals surface area contributed by atoms with E-state index in [0.717, 1.165) is 12.0 Å². The first-order valence-corrected chi connectivity index (χ1v) is 8.30. The molecule has 128 valence electrons. The van der Waals surface area contributed by atoms with Crippen molar-refractivity contribution in [2.45, 2.75) is 26.3 Å². The summed E-state index contributed by atoms with van der Waals surface area (Å²) >= 11 is 6.26. The SMILES string of the molecule is CCCOc1c(Cl)cc(C(=O)NC(C)c2ccccc2)cc1OC. The molecule has 0 fully saturated rings. The van der Waals surface area contributed by atoms with Gasteiger partial charge >= 0.3 is 0 Å². The number of methoxy groups -OCH3 is 1. The summed E-state index contributed by atoms with van der Waals surface area (Å²) in [5.41, 5.74) is 1.47. The minimum atomic E-state index is -0.214. The highest BCUT2D eigenvalue weighted by Gasteiger charge is 2.17. The maximum absolute atomic E-state index is 12.5. The summed E-state index contributed by atoms with van der Waals surface area (Å²) in [7, 11) is 1.53. The van der Waals surface area contributed by atoms with Crippen LogP contribution in [0.25, 0.3) is 0 Å². The smallest absolute Gasteiger partial charge is 0.251 e. The normalized spacial score (nSPS) is 11.7. The molecule has 0 aromatic heterocycles. The van der Waals surface area contributed by atoms with Crippen LogP contribution in [-0.2, 0) is 0 Å². The molecule has 1 N–H and O–H groups in total. The van der Waals surface area contributed by atoms with Crippen LogP contribution in [0, 0.1) is 0 Å². The van der Waals surface area contributed by atoms with Gasteiger partial charge in [-0.15, -0.1) is 0 Å². The molecular weight excluding hydrogens is 326 g/mol. The van der Waals surface area contributed by atoms with E-state index in [9.17, 15) is 4.79 Å². The summed E-state index contributed by atoms with van der Waals surface area (Å²) in [4.78, 5) is 12.5. The monoisotopic (exact) mass is 347 g/mol. The van der Waals surface area contributed by atoms with Crippen molar-refractivity contribution in [1.29, 1.82) is 0 Å². The first kappa shape index (κ1) is 18.1. The van der Waals surface area contributed by atoms with Crippen LogP contribution in [0.1, 0.15) is 42.2 Å². The van der Waals surface area contributed by atoms with Gasteiger partial charge < -0.3 is 14.8 Å². The number of halogens is 1. The highest BCUT2D eigenvalue weighted by Crippen LogP contribution is 2.36. The van der Waals surface area contributed by atoms with Gasteiger partial charge in [-0.2, -0.15) is 0 Å². The van der Waals surface area contributed by atoms with Crippen molar-refractivity contribution in [1.82, 2.24) is 5.32 Å². The first-order valence-electron chi connectivity index (χ1n) is 7.93. The van der Waals surface area contributed by atoms with E-state index in [-0.39, 0.29) is 11.9 Å². The summed E-state index contributed by atoms with van der Waals surface area (Å²) in [6.45, 7) is 4.48. The summed E-state index contributed by atoms with van der Waals surface area (Å²) < 4.78 is 10.9. The van der Waals surface area contributed by atoms with Gasteiger partial charge in [0, 0.05) is 5.56 Å². The Morgan fingerprint density at radius 1 is 1.25 bits per heavy atom. The molecule has 0 aliphatic carbocycles. The molecule has 1 atom stereocenters. The van der Waals surface area contributed by atoms with Gasteiger partial charge in [0.05, 0.1) is 24.8 Å². The molecule has 5 heteroatoms. The Bertz CT molecular complexity index is 689. The molecule has 2 aromatic carbocycles. The van der Waals surface area contributed by atoms with Gasteiger partial charge in [0.25, 0.3) is 5.91 Å². The molecule has 0 heterocycles. The van der Waals surface area contributed by atoms with Crippen molar-refractivity contribution < 1.29 is 14.3 Å². The van der Waals surface area contributed by atoms with E-state index in [1.54, 1.807) is 12.1 Å². The molecule has 0 saturated heterocycles. The van der Waals surface area contributed by atoms with E-state index in [1.165, 1.54) is 7.11 Å². The lowest BCUT2D eigenvalue weighted by Gasteiger charge is -2.16. The third kappa shape index (κ3) is 4.42. The molecule has 0 bridgehead atoms. The largest absolute Gasteiger partial charge is 0.493 e. The number of hydrogen-bond donors (Lipinski definition) is 1. The molecule has 0 spiro atoms. The van der Waals surface area contributed by atoms with Crippen molar-refractivity contribution in [3.05, 3.63) is 58.6 Å². The Morgan fingerprint density at radius 2 is 1.96 bits per heavy atom. The standard InChI is InChI=1S/C19H22ClNO3/c1-4-10-24-18-16(20)11-15(12-17(18)23-3)19(22)21-13(2)14-8-6-5-7-9-14/h5-9,11-13H,4,10H2,1-3H3,(H,21,22). The van der Waals surface area contributed by atoms with Crippen LogP contribution in [0.2, 0.25) is 5.02 Å². The van der Waals surface area contributed by atoms with Gasteiger partial charge in [-0.3, -0.25) is 4.79 Å². The van der Waals surface area contributed by atoms with Gasteiger partial charge in [0.1, 0.15) is 0 Å². The van der Waals surface area contributed by atoms with Crippen LogP contribution in [0.5, 0.6) is 11.5 Å². The van der Waals surface area contributed by atoms with Crippen molar-refractivity contribution in [2.24, 2.45) is 0 Å². The molecule has 2 aromatic rings. The third-order valence-electron chi connectivity index (χ3n) is 3.59. The van der Waals surface area contributed by atoms with Gasteiger partial charge in [-0.1, -0.05) is 48.9 Å². The van der Waals surface area contributed by atoms with Crippen molar-refractivity contribution >= 4 is 17.5 Å². The molecule has 0 radical (unpaired) electrons. The number of amides is 1. The van der Waals surface area contributed by atoms with Gasteiger partial charge in [0.15, 0.2) is 11.5 Å².